The Balaban J connectivity index is 1.65. The lowest BCUT2D eigenvalue weighted by molar-refractivity contribution is -0.139. The summed E-state index contributed by atoms with van der Waals surface area (Å²) in [6.07, 6.45) is 3.45. The second-order valence-electron chi connectivity index (χ2n) is 7.11. The van der Waals surface area contributed by atoms with Crippen molar-refractivity contribution in [1.29, 1.82) is 0 Å². The summed E-state index contributed by atoms with van der Waals surface area (Å²) in [4.78, 5) is 29.0. The van der Waals surface area contributed by atoms with Crippen LogP contribution in [0.1, 0.15) is 38.2 Å². The number of nitrogens with two attached hydrogens (primary N) is 1. The Morgan fingerprint density at radius 2 is 2.04 bits per heavy atom. The van der Waals surface area contributed by atoms with Crippen molar-refractivity contribution in [2.24, 2.45) is 11.7 Å². The second-order valence-corrected chi connectivity index (χ2v) is 7.11. The summed E-state index contributed by atoms with van der Waals surface area (Å²) in [5.74, 6) is -0.0342. The first-order chi connectivity index (χ1) is 11.6. The van der Waals surface area contributed by atoms with Crippen LogP contribution in [0.2, 0.25) is 0 Å². The molecular weight excluding hydrogens is 302 g/mol. The molecule has 1 aromatic rings. The van der Waals surface area contributed by atoms with E-state index in [1.165, 1.54) is 0 Å². The van der Waals surface area contributed by atoms with Crippen molar-refractivity contribution in [2.45, 2.75) is 51.2 Å². The monoisotopic (exact) mass is 329 g/mol. The van der Waals surface area contributed by atoms with Gasteiger partial charge in [0.25, 0.3) is 0 Å². The quantitative estimate of drug-likeness (QED) is 0.915. The minimum absolute atomic E-state index is 0.0215. The Hall–Kier alpha value is -1.88. The van der Waals surface area contributed by atoms with Crippen molar-refractivity contribution >= 4 is 11.8 Å². The van der Waals surface area contributed by atoms with E-state index in [1.807, 2.05) is 47.1 Å². The zero-order chi connectivity index (χ0) is 17.1. The summed E-state index contributed by atoms with van der Waals surface area (Å²) in [5, 5.41) is 0. The lowest BCUT2D eigenvalue weighted by Crippen LogP contribution is -2.53. The highest BCUT2D eigenvalue weighted by Crippen LogP contribution is 2.26. The average molecular weight is 329 g/mol. The van der Waals surface area contributed by atoms with Crippen molar-refractivity contribution in [3.63, 3.8) is 0 Å². The predicted octanol–water partition coefficient (Wildman–Crippen LogP) is 1.76. The van der Waals surface area contributed by atoms with E-state index in [9.17, 15) is 9.59 Å². The number of hydrogen-bond acceptors (Lipinski definition) is 3. The number of carbonyl (C=O) groups excluding carboxylic acids is 2. The first-order valence-electron chi connectivity index (χ1n) is 8.94. The van der Waals surface area contributed by atoms with Gasteiger partial charge in [0.1, 0.15) is 0 Å². The van der Waals surface area contributed by atoms with E-state index >= 15 is 0 Å². The fourth-order valence-corrected chi connectivity index (χ4v) is 3.91. The van der Waals surface area contributed by atoms with Crippen molar-refractivity contribution in [3.8, 4) is 0 Å². The van der Waals surface area contributed by atoms with Gasteiger partial charge < -0.3 is 15.5 Å². The van der Waals surface area contributed by atoms with Crippen LogP contribution in [0, 0.1) is 5.92 Å². The third-order valence-electron chi connectivity index (χ3n) is 5.22. The molecule has 0 bridgehead atoms. The highest BCUT2D eigenvalue weighted by Gasteiger charge is 2.39. The van der Waals surface area contributed by atoms with Crippen LogP contribution in [0.5, 0.6) is 0 Å². The average Bonchev–Trinajstić information content (AvgIpc) is 2.96. The molecule has 0 aromatic heterocycles. The van der Waals surface area contributed by atoms with Crippen LogP contribution in [0.15, 0.2) is 30.3 Å². The molecule has 2 saturated heterocycles. The molecule has 2 fully saturated rings. The Kier molecular flexibility index (Phi) is 5.19. The van der Waals surface area contributed by atoms with Crippen LogP contribution in [0.3, 0.4) is 0 Å². The van der Waals surface area contributed by atoms with Crippen molar-refractivity contribution < 1.29 is 9.59 Å². The topological polar surface area (TPSA) is 66.6 Å². The molecule has 2 aliphatic heterocycles. The molecule has 2 amide bonds. The number of benzene rings is 1. The first-order valence-corrected chi connectivity index (χ1v) is 8.94. The minimum Gasteiger partial charge on any atom is -0.338 e. The van der Waals surface area contributed by atoms with Gasteiger partial charge in [-0.15, -0.1) is 0 Å². The lowest BCUT2D eigenvalue weighted by Gasteiger charge is -2.39. The normalized spacial score (nSPS) is 25.8. The maximum atomic E-state index is 13.0. The zero-order valence-corrected chi connectivity index (χ0v) is 14.4. The standard InChI is InChI=1S/C19H27N3O2/c1-14(20)17-9-5-6-10-22(17)19(24)16-11-18(23)21(13-16)12-15-7-3-2-4-8-15/h2-4,7-8,14,16-17H,5-6,9-13,20H2,1H3. The number of nitrogens with zero attached hydrogens (tertiary/aromatic N) is 2. The van der Waals surface area contributed by atoms with Gasteiger partial charge in [0.2, 0.25) is 11.8 Å². The molecule has 3 atom stereocenters. The summed E-state index contributed by atoms with van der Waals surface area (Å²) in [6.45, 7) is 3.85. The summed E-state index contributed by atoms with van der Waals surface area (Å²) in [7, 11) is 0. The molecular formula is C19H27N3O2. The van der Waals surface area contributed by atoms with Crippen LogP contribution in [0.4, 0.5) is 0 Å². The van der Waals surface area contributed by atoms with Crippen LogP contribution in [-0.2, 0) is 16.1 Å². The molecule has 24 heavy (non-hydrogen) atoms. The number of carbonyl (C=O) groups is 2. The van der Waals surface area contributed by atoms with Gasteiger partial charge in [-0.05, 0) is 31.7 Å². The molecule has 2 heterocycles. The minimum atomic E-state index is -0.222. The van der Waals surface area contributed by atoms with Crippen LogP contribution >= 0.6 is 0 Å². The number of hydrogen-bond donors (Lipinski definition) is 1. The third-order valence-corrected chi connectivity index (χ3v) is 5.22. The third kappa shape index (κ3) is 3.61. The Morgan fingerprint density at radius 3 is 2.75 bits per heavy atom. The largest absolute Gasteiger partial charge is 0.338 e. The van der Waals surface area contributed by atoms with Gasteiger partial charge in [-0.25, -0.2) is 0 Å². The van der Waals surface area contributed by atoms with Gasteiger partial charge >= 0.3 is 0 Å². The molecule has 5 nitrogen and oxygen atoms in total. The van der Waals surface area contributed by atoms with Gasteiger partial charge in [-0.2, -0.15) is 0 Å². The van der Waals surface area contributed by atoms with Gasteiger partial charge in [0, 0.05) is 38.1 Å². The Bertz CT molecular complexity index is 588. The summed E-state index contributed by atoms with van der Waals surface area (Å²) >= 11 is 0. The number of rotatable bonds is 4. The molecule has 0 aliphatic carbocycles. The predicted molar refractivity (Wildman–Crippen MR) is 93.0 cm³/mol. The van der Waals surface area contributed by atoms with E-state index < -0.39 is 0 Å². The highest BCUT2D eigenvalue weighted by molar-refractivity contribution is 5.89. The lowest BCUT2D eigenvalue weighted by atomic mass is 9.94. The van der Waals surface area contributed by atoms with Crippen molar-refractivity contribution in [3.05, 3.63) is 35.9 Å². The summed E-state index contributed by atoms with van der Waals surface area (Å²) in [6, 6.07) is 10.0. The molecule has 5 heteroatoms. The number of likely N-dealkylation sites (tertiary alicyclic amines) is 2. The molecule has 1 aromatic carbocycles. The van der Waals surface area contributed by atoms with Gasteiger partial charge in [0.05, 0.1) is 5.92 Å². The molecule has 0 saturated carbocycles. The van der Waals surface area contributed by atoms with E-state index in [-0.39, 0.29) is 29.8 Å². The number of piperidine rings is 1. The SMILES string of the molecule is CC(N)C1CCCCN1C(=O)C1CC(=O)N(Cc2ccccc2)C1. The molecule has 0 radical (unpaired) electrons. The van der Waals surface area contributed by atoms with Crippen LogP contribution in [0.25, 0.3) is 0 Å². The first kappa shape index (κ1) is 17.0. The Labute approximate surface area is 143 Å². The maximum Gasteiger partial charge on any atom is 0.228 e. The number of amides is 2. The van der Waals surface area contributed by atoms with Gasteiger partial charge in [-0.3, -0.25) is 9.59 Å². The molecule has 2 N–H and O–H groups in total. The molecule has 0 spiro atoms. The fraction of sp³-hybridized carbons (Fsp3) is 0.579. The van der Waals surface area contributed by atoms with Gasteiger partial charge in [-0.1, -0.05) is 30.3 Å². The van der Waals surface area contributed by atoms with E-state index in [0.29, 0.717) is 19.5 Å². The maximum absolute atomic E-state index is 13.0. The molecule has 3 unspecified atom stereocenters. The van der Waals surface area contributed by atoms with Crippen molar-refractivity contribution in [2.75, 3.05) is 13.1 Å². The zero-order valence-electron chi connectivity index (χ0n) is 14.4. The van der Waals surface area contributed by atoms with Gasteiger partial charge in [0.15, 0.2) is 0 Å². The highest BCUT2D eigenvalue weighted by atomic mass is 16.2. The van der Waals surface area contributed by atoms with E-state index in [0.717, 1.165) is 31.4 Å². The molecule has 3 rings (SSSR count). The van der Waals surface area contributed by atoms with E-state index in [4.69, 9.17) is 5.73 Å². The second kappa shape index (κ2) is 7.34. The van der Waals surface area contributed by atoms with Crippen LogP contribution in [-0.4, -0.2) is 46.8 Å². The molecule has 130 valence electrons. The van der Waals surface area contributed by atoms with E-state index in [1.54, 1.807) is 0 Å². The van der Waals surface area contributed by atoms with Crippen molar-refractivity contribution in [1.82, 2.24) is 9.80 Å². The molecule has 2 aliphatic rings. The summed E-state index contributed by atoms with van der Waals surface area (Å²) < 4.78 is 0. The Morgan fingerprint density at radius 1 is 1.29 bits per heavy atom. The van der Waals surface area contributed by atoms with E-state index in [2.05, 4.69) is 0 Å². The van der Waals surface area contributed by atoms with Crippen LogP contribution < -0.4 is 5.73 Å². The summed E-state index contributed by atoms with van der Waals surface area (Å²) in [5.41, 5.74) is 7.18. The smallest absolute Gasteiger partial charge is 0.228 e. The fourth-order valence-electron chi connectivity index (χ4n) is 3.91.